The van der Waals surface area contributed by atoms with Crippen LogP contribution < -0.4 is 30.3 Å². The van der Waals surface area contributed by atoms with E-state index in [1.165, 1.54) is 6.92 Å². The van der Waals surface area contributed by atoms with E-state index >= 15 is 0 Å². The average Bonchev–Trinajstić information content (AvgIpc) is 3.37. The second-order valence-electron chi connectivity index (χ2n) is 11.7. The normalized spacial score (nSPS) is 17.3. The molecule has 2 heterocycles. The molecule has 1 aromatic heterocycles. The molecule has 1 aliphatic carbocycles. The molecule has 0 saturated carbocycles. The largest absolute Gasteiger partial charge is 0.493 e. The van der Waals surface area contributed by atoms with Gasteiger partial charge < -0.3 is 34.7 Å². The summed E-state index contributed by atoms with van der Waals surface area (Å²) >= 11 is 0. The fraction of sp³-hybridized carbons (Fsp3) is 0.371. The number of aryl methyl sites for hydroxylation is 1. The van der Waals surface area contributed by atoms with Gasteiger partial charge in [-0.2, -0.15) is 0 Å². The molecule has 3 N–H and O–H groups in total. The Morgan fingerprint density at radius 2 is 1.80 bits per heavy atom. The van der Waals surface area contributed by atoms with Crippen LogP contribution >= 0.6 is 0 Å². The number of aromatic amines is 1. The number of hydrogen-bond donors (Lipinski definition) is 3. The van der Waals surface area contributed by atoms with Crippen LogP contribution in [0, 0.1) is 0 Å². The topological polar surface area (TPSA) is 135 Å². The fourth-order valence-corrected chi connectivity index (χ4v) is 6.77. The molecular weight excluding hydrogens is 586 g/mol. The number of nitrogens with one attached hydrogen (secondary N) is 3. The molecule has 2 aliphatic rings. The van der Waals surface area contributed by atoms with Crippen molar-refractivity contribution in [3.63, 3.8) is 0 Å². The molecule has 4 aromatic rings. The van der Waals surface area contributed by atoms with Crippen molar-refractivity contribution in [2.45, 2.75) is 51.1 Å². The summed E-state index contributed by atoms with van der Waals surface area (Å²) < 4.78 is 17.1. The number of imidazole rings is 1. The predicted octanol–water partition coefficient (Wildman–Crippen LogP) is 4.91. The van der Waals surface area contributed by atoms with E-state index < -0.39 is 6.04 Å². The monoisotopic (exact) mass is 625 g/mol. The lowest BCUT2D eigenvalue weighted by atomic mass is 9.95. The van der Waals surface area contributed by atoms with Crippen molar-refractivity contribution in [2.24, 2.45) is 0 Å². The lowest BCUT2D eigenvalue weighted by molar-refractivity contribution is -0.133. The maximum absolute atomic E-state index is 13.7. The smallest absolute Gasteiger partial charge is 0.242 e. The van der Waals surface area contributed by atoms with E-state index in [4.69, 9.17) is 19.2 Å². The molecule has 1 aliphatic heterocycles. The molecule has 46 heavy (non-hydrogen) atoms. The summed E-state index contributed by atoms with van der Waals surface area (Å²) in [5, 5.41) is 6.14. The maximum Gasteiger partial charge on any atom is 0.242 e. The fourth-order valence-electron chi connectivity index (χ4n) is 6.77. The number of amides is 2. The molecule has 2 amide bonds. The van der Waals surface area contributed by atoms with Crippen molar-refractivity contribution in [3.8, 4) is 28.4 Å². The van der Waals surface area contributed by atoms with Crippen molar-refractivity contribution < 1.29 is 23.8 Å². The summed E-state index contributed by atoms with van der Waals surface area (Å²) in [4.78, 5) is 49.6. The predicted molar refractivity (Wildman–Crippen MR) is 176 cm³/mol. The van der Waals surface area contributed by atoms with Gasteiger partial charge in [-0.3, -0.25) is 14.4 Å². The number of benzene rings is 2. The summed E-state index contributed by atoms with van der Waals surface area (Å²) in [6, 6.07) is 14.2. The standard InChI is InChI=1S/C35H39N5O6/c1-20(41)37-24-14-12-21-17-30(44-2)33(45-3)34(46-4)32(21)22-13-15-27(29(42)18-23(22)24)36-19-31(43)40-16-8-7-11-28(40)35-38-25-9-5-6-10-26(25)39-35/h5-6,9-10,13,15,17-18,24,28H,7-8,11-12,14,16,19H2,1-4H3,(H,36,42)(H,37,41)(H,38,39)/t24-,28-/m0/s1. The SMILES string of the molecule is COc1cc2c(c(OC)c1OC)-c1ccc(NCC(=O)N3CCCC[C@H]3c3nc4ccccc4[nH]3)c(=O)cc1[C@@H](NC(C)=O)CC2. The van der Waals surface area contributed by atoms with E-state index in [9.17, 15) is 14.4 Å². The van der Waals surface area contributed by atoms with Crippen molar-refractivity contribution in [1.82, 2.24) is 20.2 Å². The number of piperidine rings is 1. The number of likely N-dealkylation sites (tertiary alicyclic amines) is 1. The Kier molecular flexibility index (Phi) is 8.83. The highest BCUT2D eigenvalue weighted by molar-refractivity contribution is 5.85. The number of carbonyl (C=O) groups excluding carboxylic acids is 2. The van der Waals surface area contributed by atoms with Gasteiger partial charge in [0.15, 0.2) is 11.5 Å². The summed E-state index contributed by atoms with van der Waals surface area (Å²) in [5.41, 5.74) is 4.88. The van der Waals surface area contributed by atoms with Crippen LogP contribution in [0.3, 0.4) is 0 Å². The highest BCUT2D eigenvalue weighted by Gasteiger charge is 2.31. The van der Waals surface area contributed by atoms with Crippen LogP contribution in [0.1, 0.15) is 61.6 Å². The van der Waals surface area contributed by atoms with Crippen LogP contribution in [-0.4, -0.2) is 61.1 Å². The summed E-state index contributed by atoms with van der Waals surface area (Å²) in [6.45, 7) is 2.02. The third kappa shape index (κ3) is 5.84. The highest BCUT2D eigenvalue weighted by Crippen LogP contribution is 2.50. The Balaban J connectivity index is 1.34. The van der Waals surface area contributed by atoms with Gasteiger partial charge in [0.05, 0.1) is 56.7 Å². The number of carbonyl (C=O) groups is 2. The summed E-state index contributed by atoms with van der Waals surface area (Å²) in [5.74, 6) is 1.90. The molecule has 3 aromatic carbocycles. The van der Waals surface area contributed by atoms with E-state index in [2.05, 4.69) is 15.6 Å². The van der Waals surface area contributed by atoms with Crippen LogP contribution in [0.25, 0.3) is 22.2 Å². The Hall–Kier alpha value is -5.06. The van der Waals surface area contributed by atoms with Gasteiger partial charge in [0, 0.05) is 19.0 Å². The number of ether oxygens (including phenoxy) is 3. The molecule has 0 radical (unpaired) electrons. The minimum absolute atomic E-state index is 0.0549. The average molecular weight is 626 g/mol. The molecule has 11 heteroatoms. The number of methoxy groups -OCH3 is 3. The van der Waals surface area contributed by atoms with Gasteiger partial charge in [0.25, 0.3) is 0 Å². The zero-order valence-electron chi connectivity index (χ0n) is 26.6. The van der Waals surface area contributed by atoms with Gasteiger partial charge in [-0.15, -0.1) is 0 Å². The van der Waals surface area contributed by atoms with Crippen molar-refractivity contribution in [3.05, 3.63) is 75.7 Å². The lowest BCUT2D eigenvalue weighted by Gasteiger charge is -2.34. The minimum atomic E-state index is -0.422. The second kappa shape index (κ2) is 13.1. The Morgan fingerprint density at radius 3 is 2.54 bits per heavy atom. The molecule has 1 fully saturated rings. The van der Waals surface area contributed by atoms with Gasteiger partial charge >= 0.3 is 0 Å². The number of hydrogen-bond acceptors (Lipinski definition) is 8. The molecule has 6 rings (SSSR count). The molecule has 0 spiro atoms. The number of nitrogens with zero attached hydrogens (tertiary/aromatic N) is 2. The first kappa shape index (κ1) is 30.9. The third-order valence-corrected chi connectivity index (χ3v) is 8.89. The van der Waals surface area contributed by atoms with Crippen LogP contribution in [0.4, 0.5) is 5.69 Å². The number of para-hydroxylation sites is 2. The maximum atomic E-state index is 13.7. The zero-order chi connectivity index (χ0) is 32.4. The van der Waals surface area contributed by atoms with Gasteiger partial charge in [-0.25, -0.2) is 4.98 Å². The number of anilines is 1. The number of rotatable bonds is 8. The number of fused-ring (bicyclic) bond motifs is 4. The molecule has 11 nitrogen and oxygen atoms in total. The van der Waals surface area contributed by atoms with Crippen molar-refractivity contribution >= 4 is 28.5 Å². The third-order valence-electron chi connectivity index (χ3n) is 8.89. The zero-order valence-corrected chi connectivity index (χ0v) is 26.6. The first-order chi connectivity index (χ1) is 22.3. The van der Waals surface area contributed by atoms with Gasteiger partial charge in [-0.05, 0) is 79.1 Å². The molecular formula is C35H39N5O6. The Bertz CT molecular complexity index is 1820. The minimum Gasteiger partial charge on any atom is -0.493 e. The summed E-state index contributed by atoms with van der Waals surface area (Å²) in [7, 11) is 4.68. The van der Waals surface area contributed by atoms with Crippen LogP contribution in [-0.2, 0) is 16.0 Å². The number of aromatic nitrogens is 2. The van der Waals surface area contributed by atoms with Crippen molar-refractivity contribution in [2.75, 3.05) is 39.7 Å². The first-order valence-electron chi connectivity index (χ1n) is 15.6. The second-order valence-corrected chi connectivity index (χ2v) is 11.7. The molecule has 2 atom stereocenters. The molecule has 0 unspecified atom stereocenters. The van der Waals surface area contributed by atoms with Crippen LogP contribution in [0.2, 0.25) is 0 Å². The van der Waals surface area contributed by atoms with Gasteiger partial charge in [-0.1, -0.05) is 18.2 Å². The highest BCUT2D eigenvalue weighted by atomic mass is 16.5. The van der Waals surface area contributed by atoms with E-state index in [0.29, 0.717) is 42.2 Å². The lowest BCUT2D eigenvalue weighted by Crippen LogP contribution is -2.42. The van der Waals surface area contributed by atoms with Crippen LogP contribution in [0.15, 0.2) is 53.3 Å². The van der Waals surface area contributed by atoms with E-state index in [1.54, 1.807) is 33.5 Å². The van der Waals surface area contributed by atoms with E-state index in [0.717, 1.165) is 52.8 Å². The van der Waals surface area contributed by atoms with E-state index in [-0.39, 0.29) is 35.5 Å². The van der Waals surface area contributed by atoms with Crippen molar-refractivity contribution in [1.29, 1.82) is 0 Å². The molecule has 240 valence electrons. The summed E-state index contributed by atoms with van der Waals surface area (Å²) in [6.07, 6.45) is 3.88. The Labute approximate surface area is 267 Å². The quantitative estimate of drug-likeness (QED) is 0.252. The first-order valence-corrected chi connectivity index (χ1v) is 15.6. The molecule has 1 saturated heterocycles. The number of H-pyrrole nitrogens is 1. The van der Waals surface area contributed by atoms with Gasteiger partial charge in [0.2, 0.25) is 23.0 Å². The molecule has 0 bridgehead atoms. The van der Waals surface area contributed by atoms with Gasteiger partial charge in [0.1, 0.15) is 5.82 Å². The van der Waals surface area contributed by atoms with Crippen LogP contribution in [0.5, 0.6) is 17.2 Å². The van der Waals surface area contributed by atoms with E-state index in [1.807, 2.05) is 41.3 Å². The Morgan fingerprint density at radius 1 is 1.00 bits per heavy atom.